The molecule has 0 atom stereocenters. The number of ether oxygens (including phenoxy) is 1. The van der Waals surface area contributed by atoms with Gasteiger partial charge in [0.2, 0.25) is 0 Å². The third-order valence-electron chi connectivity index (χ3n) is 3.69. The maximum Gasteiger partial charge on any atom is 0.350 e. The summed E-state index contributed by atoms with van der Waals surface area (Å²) < 4.78 is 10.2. The first-order chi connectivity index (χ1) is 13.0. The predicted octanol–water partition coefficient (Wildman–Crippen LogP) is 3.23. The summed E-state index contributed by atoms with van der Waals surface area (Å²) in [6.07, 6.45) is 3.64. The van der Waals surface area contributed by atoms with Crippen LogP contribution in [0.4, 0.5) is 0 Å². The van der Waals surface area contributed by atoms with Gasteiger partial charge >= 0.3 is 5.97 Å². The predicted molar refractivity (Wildman–Crippen MR) is 102 cm³/mol. The Bertz CT molecular complexity index is 1010. The van der Waals surface area contributed by atoms with Crippen molar-refractivity contribution in [2.75, 3.05) is 6.61 Å². The Morgan fingerprint density at radius 2 is 1.96 bits per heavy atom. The standard InChI is InChI=1S/C19H17N3O4S/c1-11-18(19(24)25-10-15(20)23)27-16(21-11)9-8-14-12(2)26-22-17(14)13-6-4-3-5-7-13/h3-9H,10H2,1-2H3,(H2,20,23). The summed E-state index contributed by atoms with van der Waals surface area (Å²) in [6, 6.07) is 9.70. The Kier molecular flexibility index (Phi) is 5.46. The fourth-order valence-corrected chi connectivity index (χ4v) is 3.28. The number of hydrogen-bond donors (Lipinski definition) is 1. The first-order valence-corrected chi connectivity index (χ1v) is 8.90. The minimum absolute atomic E-state index is 0.334. The van der Waals surface area contributed by atoms with Gasteiger partial charge in [0.1, 0.15) is 21.3 Å². The molecule has 3 aromatic rings. The van der Waals surface area contributed by atoms with E-state index in [4.69, 9.17) is 15.0 Å². The van der Waals surface area contributed by atoms with Crippen LogP contribution >= 0.6 is 11.3 Å². The van der Waals surface area contributed by atoms with Crippen molar-refractivity contribution in [1.29, 1.82) is 0 Å². The highest BCUT2D eigenvalue weighted by Crippen LogP contribution is 2.28. The van der Waals surface area contributed by atoms with Gasteiger partial charge in [0.25, 0.3) is 5.91 Å². The van der Waals surface area contributed by atoms with Crippen LogP contribution in [-0.4, -0.2) is 28.6 Å². The molecule has 138 valence electrons. The summed E-state index contributed by atoms with van der Waals surface area (Å²) in [5.41, 5.74) is 8.03. The van der Waals surface area contributed by atoms with Crippen molar-refractivity contribution in [1.82, 2.24) is 10.1 Å². The molecule has 2 aromatic heterocycles. The molecule has 3 rings (SSSR count). The number of nitrogens with two attached hydrogens (primary N) is 1. The zero-order valence-electron chi connectivity index (χ0n) is 14.8. The molecule has 0 saturated carbocycles. The summed E-state index contributed by atoms with van der Waals surface area (Å²) in [6.45, 7) is 3.08. The van der Waals surface area contributed by atoms with Gasteiger partial charge in [0.15, 0.2) is 6.61 Å². The number of primary amides is 1. The van der Waals surface area contributed by atoms with E-state index in [-0.39, 0.29) is 0 Å². The largest absolute Gasteiger partial charge is 0.451 e. The number of rotatable bonds is 6. The van der Waals surface area contributed by atoms with E-state index in [2.05, 4.69) is 10.1 Å². The van der Waals surface area contributed by atoms with Crippen molar-refractivity contribution >= 4 is 35.4 Å². The van der Waals surface area contributed by atoms with Crippen LogP contribution in [0.5, 0.6) is 0 Å². The number of thiazole rings is 1. The summed E-state index contributed by atoms with van der Waals surface area (Å²) in [4.78, 5) is 27.4. The number of carbonyl (C=O) groups is 2. The molecule has 1 amide bonds. The van der Waals surface area contributed by atoms with Gasteiger partial charge in [-0.05, 0) is 26.0 Å². The monoisotopic (exact) mass is 383 g/mol. The number of nitrogens with zero attached hydrogens (tertiary/aromatic N) is 2. The van der Waals surface area contributed by atoms with E-state index in [1.165, 1.54) is 11.3 Å². The lowest BCUT2D eigenvalue weighted by Gasteiger charge is -1.99. The molecule has 0 aliphatic rings. The molecule has 0 spiro atoms. The van der Waals surface area contributed by atoms with Gasteiger partial charge in [-0.2, -0.15) is 0 Å². The topological polar surface area (TPSA) is 108 Å². The Labute approximate surface area is 159 Å². The molecule has 0 fully saturated rings. The molecule has 1 aromatic carbocycles. The van der Waals surface area contributed by atoms with E-state index in [0.717, 1.165) is 16.8 Å². The molecule has 0 bridgehead atoms. The first kappa shape index (κ1) is 18.5. The molecular weight excluding hydrogens is 366 g/mol. The highest BCUT2D eigenvalue weighted by molar-refractivity contribution is 7.14. The molecule has 8 heteroatoms. The Morgan fingerprint density at radius 3 is 2.67 bits per heavy atom. The number of amides is 1. The second kappa shape index (κ2) is 7.96. The molecule has 7 nitrogen and oxygen atoms in total. The number of benzene rings is 1. The smallest absolute Gasteiger partial charge is 0.350 e. The zero-order valence-corrected chi connectivity index (χ0v) is 15.6. The van der Waals surface area contributed by atoms with Gasteiger partial charge in [-0.3, -0.25) is 4.79 Å². The van der Waals surface area contributed by atoms with E-state index in [0.29, 0.717) is 21.3 Å². The third-order valence-corrected chi connectivity index (χ3v) is 4.79. The lowest BCUT2D eigenvalue weighted by Crippen LogP contribution is -2.20. The quantitative estimate of drug-likeness (QED) is 0.655. The molecule has 0 unspecified atom stereocenters. The van der Waals surface area contributed by atoms with Crippen molar-refractivity contribution in [3.05, 3.63) is 57.2 Å². The molecular formula is C19H17N3O4S. The minimum Gasteiger partial charge on any atom is -0.451 e. The second-order valence-electron chi connectivity index (χ2n) is 5.71. The van der Waals surface area contributed by atoms with Crippen LogP contribution in [0.15, 0.2) is 34.9 Å². The van der Waals surface area contributed by atoms with Crippen LogP contribution in [0.3, 0.4) is 0 Å². The Morgan fingerprint density at radius 1 is 1.22 bits per heavy atom. The van der Waals surface area contributed by atoms with E-state index in [9.17, 15) is 9.59 Å². The zero-order chi connectivity index (χ0) is 19.4. The van der Waals surface area contributed by atoms with Gasteiger partial charge in [-0.1, -0.05) is 35.5 Å². The third kappa shape index (κ3) is 4.29. The fraction of sp³-hybridized carbons (Fsp3) is 0.158. The van der Waals surface area contributed by atoms with Gasteiger partial charge in [0.05, 0.1) is 5.69 Å². The van der Waals surface area contributed by atoms with Gasteiger partial charge in [0, 0.05) is 11.1 Å². The molecule has 2 N–H and O–H groups in total. The van der Waals surface area contributed by atoms with E-state index < -0.39 is 18.5 Å². The number of hydrogen-bond acceptors (Lipinski definition) is 7. The molecule has 0 radical (unpaired) electrons. The van der Waals surface area contributed by atoms with E-state index in [1.54, 1.807) is 13.0 Å². The normalized spacial score (nSPS) is 11.0. The summed E-state index contributed by atoms with van der Waals surface area (Å²) in [5.74, 6) is -0.643. The van der Waals surface area contributed by atoms with Crippen LogP contribution in [0.2, 0.25) is 0 Å². The van der Waals surface area contributed by atoms with Crippen LogP contribution in [-0.2, 0) is 9.53 Å². The average Bonchev–Trinajstić information content (AvgIpc) is 3.21. The van der Waals surface area contributed by atoms with Crippen LogP contribution < -0.4 is 5.73 Å². The van der Waals surface area contributed by atoms with Crippen molar-refractivity contribution in [2.24, 2.45) is 5.73 Å². The SMILES string of the molecule is Cc1nc(C=Cc2c(-c3ccccc3)noc2C)sc1C(=O)OCC(N)=O. The van der Waals surface area contributed by atoms with E-state index >= 15 is 0 Å². The number of aryl methyl sites for hydroxylation is 2. The molecule has 0 aliphatic heterocycles. The maximum atomic E-state index is 12.0. The highest BCUT2D eigenvalue weighted by atomic mass is 32.1. The fourth-order valence-electron chi connectivity index (χ4n) is 2.41. The van der Waals surface area contributed by atoms with Gasteiger partial charge < -0.3 is 15.0 Å². The summed E-state index contributed by atoms with van der Waals surface area (Å²) >= 11 is 1.17. The van der Waals surface area contributed by atoms with E-state index in [1.807, 2.05) is 43.3 Å². The Balaban J connectivity index is 1.84. The van der Waals surface area contributed by atoms with Crippen molar-refractivity contribution < 1.29 is 18.8 Å². The molecule has 0 saturated heterocycles. The molecule has 0 aliphatic carbocycles. The lowest BCUT2D eigenvalue weighted by molar-refractivity contribution is -0.121. The maximum absolute atomic E-state index is 12.0. The summed E-state index contributed by atoms with van der Waals surface area (Å²) in [7, 11) is 0. The van der Waals surface area contributed by atoms with Crippen molar-refractivity contribution in [2.45, 2.75) is 13.8 Å². The molecule has 27 heavy (non-hydrogen) atoms. The van der Waals surface area contributed by atoms with Crippen LogP contribution in [0.1, 0.15) is 31.7 Å². The number of esters is 1. The van der Waals surface area contributed by atoms with Crippen LogP contribution in [0.25, 0.3) is 23.4 Å². The van der Waals surface area contributed by atoms with Crippen LogP contribution in [0, 0.1) is 13.8 Å². The average molecular weight is 383 g/mol. The van der Waals surface area contributed by atoms with Crippen molar-refractivity contribution in [3.63, 3.8) is 0 Å². The molecule has 2 heterocycles. The van der Waals surface area contributed by atoms with Gasteiger partial charge in [-0.15, -0.1) is 11.3 Å². The number of aromatic nitrogens is 2. The second-order valence-corrected chi connectivity index (χ2v) is 6.74. The first-order valence-electron chi connectivity index (χ1n) is 8.08. The summed E-state index contributed by atoms with van der Waals surface area (Å²) in [5, 5.41) is 4.75. The number of carbonyl (C=O) groups excluding carboxylic acids is 2. The minimum atomic E-state index is -0.706. The lowest BCUT2D eigenvalue weighted by atomic mass is 10.1. The van der Waals surface area contributed by atoms with Gasteiger partial charge in [-0.25, -0.2) is 9.78 Å². The van der Waals surface area contributed by atoms with Crippen molar-refractivity contribution in [3.8, 4) is 11.3 Å². The highest BCUT2D eigenvalue weighted by Gasteiger charge is 2.17. The Hall–Kier alpha value is -3.26.